The molecule has 31 heteroatoms. The molecule has 402 valence electrons. The zero-order valence-corrected chi connectivity index (χ0v) is 42.3. The van der Waals surface area contributed by atoms with Crippen LogP contribution in [0.25, 0.3) is 5.69 Å². The van der Waals surface area contributed by atoms with Gasteiger partial charge in [-0.15, -0.1) is 0 Å². The minimum absolute atomic E-state index is 0.0779. The molecule has 0 aliphatic heterocycles. The van der Waals surface area contributed by atoms with Gasteiger partial charge in [0.1, 0.15) is 23.8 Å². The van der Waals surface area contributed by atoms with Crippen LogP contribution in [0.4, 0.5) is 23.9 Å². The molecule has 1 atom stereocenters. The third-order valence-corrected chi connectivity index (χ3v) is 11.2. The molecule has 3 aromatic heterocycles. The number of benzene rings is 2. The Morgan fingerprint density at radius 2 is 1.55 bits per heavy atom. The molecule has 6 N–H and O–H groups in total. The van der Waals surface area contributed by atoms with Crippen molar-refractivity contribution in [1.82, 2.24) is 39.0 Å². The lowest BCUT2D eigenvalue weighted by molar-refractivity contribution is -0.148. The number of aliphatic carboxylic acids is 1. The Morgan fingerprint density at radius 3 is 2.08 bits per heavy atom. The Balaban J connectivity index is 0.000000337. The fraction of sp³-hybridized carbons (Fsp3) is 0.326. The molecular weight excluding hydrogens is 1030 g/mol. The number of carboxylic acids is 1. The SMILES string of the molecule is CCc1ccc(COc2ccc(-n3c(=O)cc(C(F)(F)F)n(C)c3=O)cc2)c(OC(C)C(=O)OC)c1.COc1cc(OC)nc(NC(=O)NS(=O)(=O)c2ncccc2C(=O)N(C)C)n1.O=C(O)CNCP(=O)(O)O. The molecule has 2 aromatic carbocycles. The average Bonchev–Trinajstić information content (AvgIpc) is 3.33. The third-order valence-electron chi connectivity index (χ3n) is 9.28. The zero-order valence-electron chi connectivity index (χ0n) is 40.6. The Kier molecular flexibility index (Phi) is 21.8. The van der Waals surface area contributed by atoms with Crippen LogP contribution in [0, 0.1) is 0 Å². The minimum atomic E-state index is -4.84. The molecule has 0 aliphatic rings. The summed E-state index contributed by atoms with van der Waals surface area (Å²) in [5, 5.41) is 11.6. The predicted octanol–water partition coefficient (Wildman–Crippen LogP) is 2.53. The second-order valence-corrected chi connectivity index (χ2v) is 18.2. The summed E-state index contributed by atoms with van der Waals surface area (Å²) < 4.78 is 103. The van der Waals surface area contributed by atoms with Gasteiger partial charge in [-0.05, 0) is 61.4 Å². The van der Waals surface area contributed by atoms with Gasteiger partial charge < -0.3 is 43.5 Å². The van der Waals surface area contributed by atoms with E-state index in [1.54, 1.807) is 11.6 Å². The van der Waals surface area contributed by atoms with E-state index in [9.17, 15) is 54.9 Å². The Bertz CT molecular complexity index is 3060. The maximum atomic E-state index is 13.1. The highest BCUT2D eigenvalue weighted by Gasteiger charge is 2.35. The van der Waals surface area contributed by atoms with Gasteiger partial charge in [0.15, 0.2) is 11.1 Å². The first-order chi connectivity index (χ1) is 34.5. The van der Waals surface area contributed by atoms with Crippen LogP contribution >= 0.6 is 7.60 Å². The quantitative estimate of drug-likeness (QED) is 0.0542. The number of methoxy groups -OCH3 is 3. The molecule has 1 unspecified atom stereocenters. The maximum Gasteiger partial charge on any atom is 0.431 e. The molecule has 0 bridgehead atoms. The number of alkyl halides is 3. The molecule has 0 saturated carbocycles. The first kappa shape index (κ1) is 60.4. The largest absolute Gasteiger partial charge is 0.489 e. The molecule has 0 saturated heterocycles. The maximum absolute atomic E-state index is 13.1. The van der Waals surface area contributed by atoms with E-state index in [-0.39, 0.29) is 35.6 Å². The molecule has 0 fully saturated rings. The number of hydrogen-bond acceptors (Lipinski definition) is 18. The van der Waals surface area contributed by atoms with Crippen molar-refractivity contribution < 1.29 is 83.9 Å². The van der Waals surface area contributed by atoms with Crippen LogP contribution in [-0.4, -0.2) is 131 Å². The molecule has 0 radical (unpaired) electrons. The van der Waals surface area contributed by atoms with Gasteiger partial charge in [-0.2, -0.15) is 31.6 Å². The van der Waals surface area contributed by atoms with Crippen LogP contribution in [-0.2, 0) is 55.2 Å². The summed E-state index contributed by atoms with van der Waals surface area (Å²) >= 11 is 0. The highest BCUT2D eigenvalue weighted by atomic mass is 32.2. The summed E-state index contributed by atoms with van der Waals surface area (Å²) in [5.74, 6) is -1.49. The number of aryl methyl sites for hydroxylation is 1. The summed E-state index contributed by atoms with van der Waals surface area (Å²) in [6, 6.07) is 14.6. The molecule has 26 nitrogen and oxygen atoms in total. The number of halogens is 3. The van der Waals surface area contributed by atoms with Crippen molar-refractivity contribution in [3.63, 3.8) is 0 Å². The van der Waals surface area contributed by atoms with Gasteiger partial charge in [-0.3, -0.25) is 34.1 Å². The number of ether oxygens (including phenoxy) is 5. The highest BCUT2D eigenvalue weighted by Crippen LogP contribution is 2.32. The first-order valence-electron chi connectivity index (χ1n) is 21.0. The van der Waals surface area contributed by atoms with Crippen molar-refractivity contribution in [3.05, 3.63) is 116 Å². The zero-order chi connectivity index (χ0) is 55.7. The number of sulfonamides is 1. The van der Waals surface area contributed by atoms with E-state index in [1.165, 1.54) is 89.0 Å². The number of hydrogen-bond donors (Lipinski definition) is 6. The summed E-state index contributed by atoms with van der Waals surface area (Å²) in [5.41, 5.74) is -1.99. The fourth-order valence-corrected chi connectivity index (χ4v) is 7.16. The summed E-state index contributed by atoms with van der Waals surface area (Å²) in [4.78, 5) is 99.6. The van der Waals surface area contributed by atoms with E-state index in [2.05, 4.69) is 25.6 Å². The van der Waals surface area contributed by atoms with E-state index in [4.69, 9.17) is 38.6 Å². The minimum Gasteiger partial charge on any atom is -0.489 e. The van der Waals surface area contributed by atoms with Crippen LogP contribution in [0.15, 0.2) is 87.5 Å². The Hall–Kier alpha value is -7.92. The van der Waals surface area contributed by atoms with Crippen molar-refractivity contribution >= 4 is 47.4 Å². The fourth-order valence-electron chi connectivity index (χ4n) is 5.72. The van der Waals surface area contributed by atoms with Crippen LogP contribution in [0.5, 0.6) is 23.3 Å². The van der Waals surface area contributed by atoms with E-state index < -0.39 is 88.6 Å². The number of rotatable bonds is 18. The van der Waals surface area contributed by atoms with Gasteiger partial charge in [0.2, 0.25) is 17.7 Å². The highest BCUT2D eigenvalue weighted by molar-refractivity contribution is 7.90. The number of anilines is 1. The number of amides is 3. The van der Waals surface area contributed by atoms with E-state index in [0.717, 1.165) is 19.0 Å². The third kappa shape index (κ3) is 18.0. The lowest BCUT2D eigenvalue weighted by atomic mass is 10.1. The molecule has 74 heavy (non-hydrogen) atoms. The van der Waals surface area contributed by atoms with Crippen molar-refractivity contribution in [3.8, 4) is 28.9 Å². The van der Waals surface area contributed by atoms with Crippen molar-refractivity contribution in [2.24, 2.45) is 7.05 Å². The van der Waals surface area contributed by atoms with Gasteiger partial charge in [-0.1, -0.05) is 19.1 Å². The lowest BCUT2D eigenvalue weighted by Gasteiger charge is -2.17. The number of carbonyl (C=O) groups excluding carboxylic acids is 3. The number of nitrogens with one attached hydrogen (secondary N) is 3. The lowest BCUT2D eigenvalue weighted by Crippen LogP contribution is -2.40. The second kappa shape index (κ2) is 26.7. The number of urea groups is 1. The smallest absolute Gasteiger partial charge is 0.431 e. The molecule has 3 amide bonds. The number of carbonyl (C=O) groups is 4. The van der Waals surface area contributed by atoms with E-state index in [0.29, 0.717) is 32.3 Å². The van der Waals surface area contributed by atoms with Gasteiger partial charge in [0, 0.05) is 39.0 Å². The van der Waals surface area contributed by atoms with Crippen LogP contribution in [0.2, 0.25) is 0 Å². The van der Waals surface area contributed by atoms with Crippen molar-refractivity contribution in [1.29, 1.82) is 0 Å². The van der Waals surface area contributed by atoms with Crippen molar-refractivity contribution in [2.75, 3.05) is 53.6 Å². The topological polar surface area (TPSA) is 348 Å². The van der Waals surface area contributed by atoms with Crippen LogP contribution in [0.1, 0.15) is 41.0 Å². The molecule has 0 aliphatic carbocycles. The van der Waals surface area contributed by atoms with Crippen LogP contribution < -0.4 is 45.6 Å². The first-order valence-corrected chi connectivity index (χ1v) is 24.3. The Morgan fingerprint density at radius 1 is 0.932 bits per heavy atom. The molecule has 5 aromatic rings. The van der Waals surface area contributed by atoms with Crippen molar-refractivity contribution in [2.45, 2.75) is 44.2 Å². The summed E-state index contributed by atoms with van der Waals surface area (Å²) in [7, 11) is -0.726. The standard InChI is InChI=1S/C25H25F3N2O6.C15H18N6O6S.C3H8NO5P/c1-5-16-6-7-17(20(12-16)36-15(2)23(32)34-4)14-35-19-10-8-18(9-11-19)30-22(31)13-21(25(26,27)28)29(3)24(30)33;1-21(2)13(22)9-6-5-7-16-12(9)28(24,25)20-15(23)19-14-17-10(26-3)8-11(18-14)27-4;5-3(6)1-4-2-10(7,8)9/h6-13,15H,5,14H2,1-4H3;5-8H,1-4H3,(H2,17,18,19,20,23);4H,1-2H2,(H,5,6)(H2,7,8,9). The van der Waals surface area contributed by atoms with Crippen LogP contribution in [0.3, 0.4) is 0 Å². The van der Waals surface area contributed by atoms with E-state index in [1.807, 2.05) is 25.1 Å². The predicted molar refractivity (Wildman–Crippen MR) is 254 cm³/mol. The average molecular weight is 1090 g/mol. The number of pyridine rings is 1. The number of nitrogens with zero attached hydrogens (tertiary/aromatic N) is 6. The normalized spacial score (nSPS) is 11.5. The Labute approximate surface area is 419 Å². The van der Waals surface area contributed by atoms with Gasteiger partial charge in [0.05, 0.1) is 51.5 Å². The molecular formula is C43H51F3N9O17PS. The number of aromatic nitrogens is 5. The summed E-state index contributed by atoms with van der Waals surface area (Å²) in [6.45, 7) is 3.19. The summed E-state index contributed by atoms with van der Waals surface area (Å²) in [6.07, 6.45) is -4.32. The van der Waals surface area contributed by atoms with E-state index >= 15 is 0 Å². The van der Waals surface area contributed by atoms with Gasteiger partial charge in [-0.25, -0.2) is 28.7 Å². The molecule has 3 heterocycles. The number of esters is 1. The number of carboxylic acid groups (broad SMARTS) is 1. The second-order valence-electron chi connectivity index (χ2n) is 14.9. The van der Waals surface area contributed by atoms with Gasteiger partial charge in [0.25, 0.3) is 21.5 Å². The molecule has 0 spiro atoms. The van der Waals surface area contributed by atoms with Gasteiger partial charge >= 0.3 is 37.4 Å². The monoisotopic (exact) mass is 1090 g/mol. The molecule has 5 rings (SSSR count).